The minimum absolute atomic E-state index is 0.159. The van der Waals surface area contributed by atoms with Crippen LogP contribution in [0.2, 0.25) is 0 Å². The van der Waals surface area contributed by atoms with Crippen LogP contribution >= 0.6 is 0 Å². The molecule has 5 heteroatoms. The summed E-state index contributed by atoms with van der Waals surface area (Å²) in [6, 6.07) is 15.1. The molecule has 0 radical (unpaired) electrons. The molecule has 0 aromatic heterocycles. The fourth-order valence-electron chi connectivity index (χ4n) is 2.99. The molecule has 0 saturated carbocycles. The molecule has 1 amide bonds. The average Bonchev–Trinajstić information content (AvgIpc) is 3.20. The van der Waals surface area contributed by atoms with Gasteiger partial charge in [0.1, 0.15) is 18.1 Å². The summed E-state index contributed by atoms with van der Waals surface area (Å²) in [6.07, 6.45) is 2.38. The third kappa shape index (κ3) is 5.47. The van der Waals surface area contributed by atoms with Crippen LogP contribution in [0.25, 0.3) is 0 Å². The van der Waals surface area contributed by atoms with Crippen molar-refractivity contribution in [2.75, 3.05) is 18.5 Å². The van der Waals surface area contributed by atoms with Gasteiger partial charge in [0.2, 0.25) is 0 Å². The molecule has 1 N–H and O–H groups in total. The SMILES string of the molecule is CC[C@@H](Oc1ccccc1C)C(=O)Nc1ccc(OC[C@H]2CCCO2)cc1. The zero-order chi connectivity index (χ0) is 19.1. The lowest BCUT2D eigenvalue weighted by molar-refractivity contribution is -0.122. The Kier molecular flexibility index (Phi) is 6.71. The van der Waals surface area contributed by atoms with Crippen molar-refractivity contribution in [1.82, 2.24) is 0 Å². The maximum atomic E-state index is 12.6. The molecular weight excluding hydrogens is 342 g/mol. The number of ether oxygens (including phenoxy) is 3. The molecule has 144 valence electrons. The number of rotatable bonds is 8. The third-order valence-electron chi connectivity index (χ3n) is 4.61. The molecule has 0 bridgehead atoms. The van der Waals surface area contributed by atoms with Gasteiger partial charge in [0, 0.05) is 12.3 Å². The zero-order valence-electron chi connectivity index (χ0n) is 15.9. The van der Waals surface area contributed by atoms with Crippen molar-refractivity contribution >= 4 is 11.6 Å². The number of anilines is 1. The summed E-state index contributed by atoms with van der Waals surface area (Å²) < 4.78 is 17.2. The van der Waals surface area contributed by atoms with Gasteiger partial charge in [0.25, 0.3) is 5.91 Å². The van der Waals surface area contributed by atoms with E-state index in [4.69, 9.17) is 14.2 Å². The van der Waals surface area contributed by atoms with E-state index in [0.29, 0.717) is 13.0 Å². The molecule has 3 rings (SSSR count). The van der Waals surface area contributed by atoms with Crippen molar-refractivity contribution in [3.05, 3.63) is 54.1 Å². The first-order chi connectivity index (χ1) is 13.2. The van der Waals surface area contributed by atoms with E-state index in [1.807, 2.05) is 62.4 Å². The summed E-state index contributed by atoms with van der Waals surface area (Å²) in [6.45, 7) is 5.29. The van der Waals surface area contributed by atoms with Crippen LogP contribution in [0, 0.1) is 6.92 Å². The van der Waals surface area contributed by atoms with Crippen LogP contribution in [-0.2, 0) is 9.53 Å². The number of aryl methyl sites for hydroxylation is 1. The Bertz CT molecular complexity index is 738. The molecule has 1 aliphatic rings. The van der Waals surface area contributed by atoms with Gasteiger partial charge in [-0.25, -0.2) is 0 Å². The number of hydrogen-bond acceptors (Lipinski definition) is 4. The number of carbonyl (C=O) groups excluding carboxylic acids is 1. The maximum Gasteiger partial charge on any atom is 0.265 e. The summed E-state index contributed by atoms with van der Waals surface area (Å²) >= 11 is 0. The standard InChI is InChI=1S/C22H27NO4/c1-3-20(27-21-9-5-4-7-16(21)2)22(24)23-17-10-12-18(13-11-17)26-15-19-8-6-14-25-19/h4-5,7,9-13,19-20H,3,6,8,14-15H2,1-2H3,(H,23,24)/t19-,20-/m1/s1. The summed E-state index contributed by atoms with van der Waals surface area (Å²) in [5.74, 6) is 1.35. The molecule has 5 nitrogen and oxygen atoms in total. The van der Waals surface area contributed by atoms with Crippen molar-refractivity contribution in [1.29, 1.82) is 0 Å². The van der Waals surface area contributed by atoms with E-state index in [-0.39, 0.29) is 12.0 Å². The minimum atomic E-state index is -0.540. The van der Waals surface area contributed by atoms with Gasteiger partial charge >= 0.3 is 0 Å². The Morgan fingerprint density at radius 3 is 2.67 bits per heavy atom. The van der Waals surface area contributed by atoms with Crippen LogP contribution < -0.4 is 14.8 Å². The van der Waals surface area contributed by atoms with Gasteiger partial charge in [0.05, 0.1) is 6.10 Å². The van der Waals surface area contributed by atoms with Crippen molar-refractivity contribution in [3.8, 4) is 11.5 Å². The largest absolute Gasteiger partial charge is 0.491 e. The monoisotopic (exact) mass is 369 g/mol. The molecule has 2 atom stereocenters. The third-order valence-corrected chi connectivity index (χ3v) is 4.61. The predicted octanol–water partition coefficient (Wildman–Crippen LogP) is 4.35. The predicted molar refractivity (Wildman–Crippen MR) is 105 cm³/mol. The van der Waals surface area contributed by atoms with Crippen LogP contribution in [0.5, 0.6) is 11.5 Å². The van der Waals surface area contributed by atoms with E-state index in [9.17, 15) is 4.79 Å². The first kappa shape index (κ1) is 19.2. The van der Waals surface area contributed by atoms with E-state index >= 15 is 0 Å². The first-order valence-corrected chi connectivity index (χ1v) is 9.53. The van der Waals surface area contributed by atoms with Crippen LogP contribution in [0.3, 0.4) is 0 Å². The molecule has 1 heterocycles. The number of para-hydroxylation sites is 1. The quantitative estimate of drug-likeness (QED) is 0.752. The molecule has 2 aromatic rings. The topological polar surface area (TPSA) is 56.8 Å². The highest BCUT2D eigenvalue weighted by Gasteiger charge is 2.19. The lowest BCUT2D eigenvalue weighted by atomic mass is 10.2. The van der Waals surface area contributed by atoms with Gasteiger partial charge in [-0.2, -0.15) is 0 Å². The lowest BCUT2D eigenvalue weighted by Crippen LogP contribution is -2.32. The Labute approximate surface area is 160 Å². The highest BCUT2D eigenvalue weighted by atomic mass is 16.5. The molecule has 0 unspecified atom stereocenters. The number of carbonyl (C=O) groups is 1. The Morgan fingerprint density at radius 2 is 2.00 bits per heavy atom. The molecular formula is C22H27NO4. The molecule has 1 saturated heterocycles. The molecule has 0 spiro atoms. The van der Waals surface area contributed by atoms with Gasteiger partial charge in [-0.05, 0) is 62.1 Å². The highest BCUT2D eigenvalue weighted by molar-refractivity contribution is 5.94. The first-order valence-electron chi connectivity index (χ1n) is 9.53. The van der Waals surface area contributed by atoms with Crippen LogP contribution in [0.1, 0.15) is 31.7 Å². The van der Waals surface area contributed by atoms with Gasteiger partial charge in [-0.15, -0.1) is 0 Å². The number of amides is 1. The van der Waals surface area contributed by atoms with Crippen molar-refractivity contribution in [2.45, 2.75) is 45.3 Å². The van der Waals surface area contributed by atoms with Gasteiger partial charge in [0.15, 0.2) is 6.10 Å². The van der Waals surface area contributed by atoms with Gasteiger partial charge in [-0.1, -0.05) is 25.1 Å². The second-order valence-electron chi connectivity index (χ2n) is 6.74. The molecule has 1 fully saturated rings. The molecule has 0 aliphatic carbocycles. The van der Waals surface area contributed by atoms with Crippen molar-refractivity contribution < 1.29 is 19.0 Å². The number of hydrogen-bond donors (Lipinski definition) is 1. The van der Waals surface area contributed by atoms with E-state index < -0.39 is 6.10 Å². The fourth-order valence-corrected chi connectivity index (χ4v) is 2.99. The molecule has 27 heavy (non-hydrogen) atoms. The van der Waals surface area contributed by atoms with E-state index in [1.54, 1.807) is 0 Å². The minimum Gasteiger partial charge on any atom is -0.491 e. The number of benzene rings is 2. The van der Waals surface area contributed by atoms with E-state index in [0.717, 1.165) is 42.2 Å². The Hall–Kier alpha value is -2.53. The fraction of sp³-hybridized carbons (Fsp3) is 0.409. The van der Waals surface area contributed by atoms with Crippen molar-refractivity contribution in [2.24, 2.45) is 0 Å². The van der Waals surface area contributed by atoms with Gasteiger partial charge < -0.3 is 19.5 Å². The zero-order valence-corrected chi connectivity index (χ0v) is 15.9. The maximum absolute atomic E-state index is 12.6. The smallest absolute Gasteiger partial charge is 0.265 e. The lowest BCUT2D eigenvalue weighted by Gasteiger charge is -2.18. The number of nitrogens with one attached hydrogen (secondary N) is 1. The van der Waals surface area contributed by atoms with Crippen molar-refractivity contribution in [3.63, 3.8) is 0 Å². The Balaban J connectivity index is 1.53. The van der Waals surface area contributed by atoms with Crippen LogP contribution in [-0.4, -0.2) is 31.3 Å². The molecule has 2 aromatic carbocycles. The van der Waals surface area contributed by atoms with Crippen LogP contribution in [0.4, 0.5) is 5.69 Å². The molecule has 1 aliphatic heterocycles. The summed E-state index contributed by atoms with van der Waals surface area (Å²) in [5.41, 5.74) is 1.73. The Morgan fingerprint density at radius 1 is 1.22 bits per heavy atom. The average molecular weight is 369 g/mol. The normalized spacial score (nSPS) is 17.3. The van der Waals surface area contributed by atoms with Gasteiger partial charge in [-0.3, -0.25) is 4.79 Å². The summed E-state index contributed by atoms with van der Waals surface area (Å²) in [5, 5.41) is 2.91. The summed E-state index contributed by atoms with van der Waals surface area (Å²) in [4.78, 5) is 12.6. The second-order valence-corrected chi connectivity index (χ2v) is 6.74. The van der Waals surface area contributed by atoms with Crippen LogP contribution in [0.15, 0.2) is 48.5 Å². The van der Waals surface area contributed by atoms with E-state index in [1.165, 1.54) is 0 Å². The van der Waals surface area contributed by atoms with E-state index in [2.05, 4.69) is 5.32 Å². The second kappa shape index (κ2) is 9.42. The highest BCUT2D eigenvalue weighted by Crippen LogP contribution is 2.21. The summed E-state index contributed by atoms with van der Waals surface area (Å²) in [7, 11) is 0.